The zero-order chi connectivity index (χ0) is 17.0. The summed E-state index contributed by atoms with van der Waals surface area (Å²) in [5.41, 5.74) is 2.53. The second kappa shape index (κ2) is 7.28. The highest BCUT2D eigenvalue weighted by molar-refractivity contribution is 7.98. The van der Waals surface area contributed by atoms with Crippen LogP contribution < -0.4 is 5.32 Å². The lowest BCUT2D eigenvalue weighted by Crippen LogP contribution is -2.22. The maximum absolute atomic E-state index is 12.0. The Morgan fingerprint density at radius 1 is 1.39 bits per heavy atom. The van der Waals surface area contributed by atoms with Gasteiger partial charge in [-0.25, -0.2) is 9.78 Å². The Balaban J connectivity index is 1.98. The number of pyridine rings is 1. The molecule has 0 aliphatic rings. The number of nitrogens with one attached hydrogen (secondary N) is 1. The SMILES string of the molecule is CSc1ncccc1C(=O)OCC(=O)Nc1c(C)nn(C)c1C. The third-order valence-electron chi connectivity index (χ3n) is 3.29. The van der Waals surface area contributed by atoms with E-state index in [2.05, 4.69) is 15.4 Å². The fourth-order valence-corrected chi connectivity index (χ4v) is 2.59. The van der Waals surface area contributed by atoms with Crippen molar-refractivity contribution in [1.82, 2.24) is 14.8 Å². The number of anilines is 1. The molecule has 2 rings (SSSR count). The number of hydrogen-bond acceptors (Lipinski definition) is 6. The lowest BCUT2D eigenvalue weighted by molar-refractivity contribution is -0.119. The van der Waals surface area contributed by atoms with Crippen molar-refractivity contribution in [3.8, 4) is 0 Å². The highest BCUT2D eigenvalue weighted by Crippen LogP contribution is 2.19. The summed E-state index contributed by atoms with van der Waals surface area (Å²) in [6, 6.07) is 3.27. The van der Waals surface area contributed by atoms with E-state index in [1.54, 1.807) is 37.0 Å². The highest BCUT2D eigenvalue weighted by atomic mass is 32.2. The molecule has 0 aliphatic carbocycles. The van der Waals surface area contributed by atoms with Crippen LogP contribution in [0.4, 0.5) is 5.69 Å². The van der Waals surface area contributed by atoms with Crippen LogP contribution in [0.5, 0.6) is 0 Å². The molecule has 0 atom stereocenters. The number of carbonyl (C=O) groups is 2. The van der Waals surface area contributed by atoms with Crippen LogP contribution in [0.2, 0.25) is 0 Å². The second-order valence-corrected chi connectivity index (χ2v) is 5.65. The van der Waals surface area contributed by atoms with Crippen LogP contribution in [0.3, 0.4) is 0 Å². The molecule has 0 bridgehead atoms. The van der Waals surface area contributed by atoms with Crippen LogP contribution in [0.25, 0.3) is 0 Å². The molecule has 1 amide bonds. The number of carbonyl (C=O) groups excluding carboxylic acids is 2. The van der Waals surface area contributed by atoms with Gasteiger partial charge in [-0.05, 0) is 32.2 Å². The maximum atomic E-state index is 12.0. The van der Waals surface area contributed by atoms with Crippen LogP contribution in [0.1, 0.15) is 21.7 Å². The molecule has 0 saturated carbocycles. The number of aromatic nitrogens is 3. The van der Waals surface area contributed by atoms with Gasteiger partial charge in [-0.3, -0.25) is 9.48 Å². The fraction of sp³-hybridized carbons (Fsp3) is 0.333. The van der Waals surface area contributed by atoms with Crippen molar-refractivity contribution in [1.29, 1.82) is 0 Å². The number of ether oxygens (including phenoxy) is 1. The van der Waals surface area contributed by atoms with Crippen LogP contribution >= 0.6 is 11.8 Å². The molecule has 8 heteroatoms. The van der Waals surface area contributed by atoms with Gasteiger partial charge in [0.15, 0.2) is 6.61 Å². The third-order valence-corrected chi connectivity index (χ3v) is 4.00. The summed E-state index contributed by atoms with van der Waals surface area (Å²) in [7, 11) is 1.80. The smallest absolute Gasteiger partial charge is 0.341 e. The summed E-state index contributed by atoms with van der Waals surface area (Å²) < 4.78 is 6.74. The number of thioether (sulfide) groups is 1. The van der Waals surface area contributed by atoms with E-state index in [-0.39, 0.29) is 6.61 Å². The summed E-state index contributed by atoms with van der Waals surface area (Å²) in [6.45, 7) is 3.28. The monoisotopic (exact) mass is 334 g/mol. The summed E-state index contributed by atoms with van der Waals surface area (Å²) in [6.07, 6.45) is 3.42. The van der Waals surface area contributed by atoms with Gasteiger partial charge in [0.05, 0.1) is 22.6 Å². The molecule has 1 N–H and O–H groups in total. The molecule has 2 heterocycles. The van der Waals surface area contributed by atoms with Crippen molar-refractivity contribution >= 4 is 29.3 Å². The average molecular weight is 334 g/mol. The average Bonchev–Trinajstić information content (AvgIpc) is 2.78. The van der Waals surface area contributed by atoms with Crippen molar-refractivity contribution in [2.45, 2.75) is 18.9 Å². The summed E-state index contributed by atoms with van der Waals surface area (Å²) in [5.74, 6) is -0.982. The first-order valence-corrected chi connectivity index (χ1v) is 8.12. The number of esters is 1. The molecule has 0 aromatic carbocycles. The van der Waals surface area contributed by atoms with Crippen LogP contribution in [-0.4, -0.2) is 39.5 Å². The Hall–Kier alpha value is -2.35. The zero-order valence-electron chi connectivity index (χ0n) is 13.4. The quantitative estimate of drug-likeness (QED) is 0.664. The molecule has 0 fully saturated rings. The Morgan fingerprint density at radius 2 is 2.13 bits per heavy atom. The second-order valence-electron chi connectivity index (χ2n) is 4.85. The van der Waals surface area contributed by atoms with E-state index in [0.717, 1.165) is 5.69 Å². The Bertz CT molecular complexity index is 742. The lowest BCUT2D eigenvalue weighted by Gasteiger charge is -2.08. The minimum absolute atomic E-state index is 0.349. The van der Waals surface area contributed by atoms with Gasteiger partial charge in [0.2, 0.25) is 0 Å². The molecule has 7 nitrogen and oxygen atoms in total. The number of amides is 1. The zero-order valence-corrected chi connectivity index (χ0v) is 14.2. The molecule has 0 radical (unpaired) electrons. The third kappa shape index (κ3) is 3.89. The molecule has 2 aromatic heterocycles. The van der Waals surface area contributed by atoms with Crippen molar-refractivity contribution in [2.75, 3.05) is 18.2 Å². The van der Waals surface area contributed by atoms with Gasteiger partial charge in [-0.1, -0.05) is 0 Å². The number of aryl methyl sites for hydroxylation is 2. The molecular formula is C15H18N4O3S. The first-order valence-electron chi connectivity index (χ1n) is 6.90. The molecule has 0 unspecified atom stereocenters. The van der Waals surface area contributed by atoms with E-state index in [1.807, 2.05) is 13.2 Å². The highest BCUT2D eigenvalue weighted by Gasteiger charge is 2.17. The van der Waals surface area contributed by atoms with Crippen molar-refractivity contribution < 1.29 is 14.3 Å². The largest absolute Gasteiger partial charge is 0.452 e. The molecule has 0 spiro atoms. The topological polar surface area (TPSA) is 86.1 Å². The first-order chi connectivity index (χ1) is 10.9. The van der Waals surface area contributed by atoms with Crippen molar-refractivity contribution in [2.24, 2.45) is 7.05 Å². The van der Waals surface area contributed by atoms with Gasteiger partial charge in [0.25, 0.3) is 5.91 Å². The predicted octanol–water partition coefficient (Wildman–Crippen LogP) is 1.95. The first kappa shape index (κ1) is 17.0. The van der Waals surface area contributed by atoms with E-state index in [1.165, 1.54) is 11.8 Å². The van der Waals surface area contributed by atoms with Crippen LogP contribution in [0, 0.1) is 13.8 Å². The number of rotatable bonds is 5. The predicted molar refractivity (Wildman–Crippen MR) is 87.6 cm³/mol. The van der Waals surface area contributed by atoms with Crippen molar-refractivity contribution in [3.63, 3.8) is 0 Å². The molecule has 23 heavy (non-hydrogen) atoms. The normalized spacial score (nSPS) is 10.4. The van der Waals surface area contributed by atoms with E-state index in [0.29, 0.717) is 22.0 Å². The number of hydrogen-bond donors (Lipinski definition) is 1. The molecular weight excluding hydrogens is 316 g/mol. The van der Waals surface area contributed by atoms with E-state index in [9.17, 15) is 9.59 Å². The Morgan fingerprint density at radius 3 is 2.74 bits per heavy atom. The van der Waals surface area contributed by atoms with E-state index < -0.39 is 11.9 Å². The summed E-state index contributed by atoms with van der Waals surface area (Å²) in [4.78, 5) is 28.1. The summed E-state index contributed by atoms with van der Waals surface area (Å²) >= 11 is 1.34. The summed E-state index contributed by atoms with van der Waals surface area (Å²) in [5, 5.41) is 7.49. The molecule has 0 saturated heterocycles. The lowest BCUT2D eigenvalue weighted by atomic mass is 10.3. The van der Waals surface area contributed by atoms with Gasteiger partial charge < -0.3 is 10.1 Å². The van der Waals surface area contributed by atoms with Gasteiger partial charge in [-0.2, -0.15) is 5.10 Å². The molecule has 0 aliphatic heterocycles. The van der Waals surface area contributed by atoms with Gasteiger partial charge >= 0.3 is 5.97 Å². The standard InChI is InChI=1S/C15H18N4O3S/c1-9-13(10(2)19(3)18-9)17-12(20)8-22-15(21)11-6-5-7-16-14(11)23-4/h5-7H,8H2,1-4H3,(H,17,20). The van der Waals surface area contributed by atoms with Crippen molar-refractivity contribution in [3.05, 3.63) is 35.3 Å². The maximum Gasteiger partial charge on any atom is 0.341 e. The van der Waals surface area contributed by atoms with E-state index >= 15 is 0 Å². The van der Waals surface area contributed by atoms with E-state index in [4.69, 9.17) is 4.74 Å². The fourth-order valence-electron chi connectivity index (χ4n) is 2.05. The molecule has 122 valence electrons. The van der Waals surface area contributed by atoms with Gasteiger partial charge in [-0.15, -0.1) is 11.8 Å². The minimum Gasteiger partial charge on any atom is -0.452 e. The molecule has 2 aromatic rings. The van der Waals surface area contributed by atoms with Gasteiger partial charge in [0.1, 0.15) is 5.03 Å². The number of nitrogens with zero attached hydrogens (tertiary/aromatic N) is 3. The van der Waals surface area contributed by atoms with Gasteiger partial charge in [0, 0.05) is 13.2 Å². The van der Waals surface area contributed by atoms with Crippen LogP contribution in [-0.2, 0) is 16.6 Å². The minimum atomic E-state index is -0.572. The van der Waals surface area contributed by atoms with Crippen LogP contribution in [0.15, 0.2) is 23.4 Å². The Labute approximate surface area is 138 Å². The Kier molecular flexibility index (Phi) is 5.38.